The summed E-state index contributed by atoms with van der Waals surface area (Å²) in [5, 5.41) is 4.00. The Hall–Kier alpha value is -3.60. The van der Waals surface area contributed by atoms with E-state index in [9.17, 15) is 9.59 Å². The second-order valence-electron chi connectivity index (χ2n) is 10.2. The van der Waals surface area contributed by atoms with E-state index in [2.05, 4.69) is 5.32 Å². The van der Waals surface area contributed by atoms with Gasteiger partial charge in [-0.25, -0.2) is 0 Å². The summed E-state index contributed by atoms with van der Waals surface area (Å²) in [5.41, 5.74) is 3.77. The van der Waals surface area contributed by atoms with Gasteiger partial charge in [0.2, 0.25) is 11.8 Å². The van der Waals surface area contributed by atoms with Crippen LogP contribution >= 0.6 is 23.2 Å². The zero-order valence-corrected chi connectivity index (χ0v) is 24.3. The molecular weight excluding hydrogens is 539 g/mol. The Balaban J connectivity index is 1.76. The van der Waals surface area contributed by atoms with Crippen molar-refractivity contribution in [2.45, 2.75) is 51.2 Å². The lowest BCUT2D eigenvalue weighted by Crippen LogP contribution is -2.52. The lowest BCUT2D eigenvalue weighted by molar-refractivity contribution is -0.141. The summed E-state index contributed by atoms with van der Waals surface area (Å²) in [4.78, 5) is 29.8. The predicted molar refractivity (Wildman–Crippen MR) is 164 cm³/mol. The maximum absolute atomic E-state index is 14.4. The molecule has 0 bridgehead atoms. The van der Waals surface area contributed by atoms with Crippen molar-refractivity contribution < 1.29 is 9.59 Å². The van der Waals surface area contributed by atoms with E-state index in [1.54, 1.807) is 17.0 Å². The number of rotatable bonds is 11. The lowest BCUT2D eigenvalue weighted by Gasteiger charge is -2.33. The molecule has 0 aliphatic heterocycles. The first-order chi connectivity index (χ1) is 19.3. The number of hydrogen-bond donors (Lipinski definition) is 1. The molecule has 6 heteroatoms. The number of benzene rings is 4. The van der Waals surface area contributed by atoms with E-state index >= 15 is 0 Å². The third kappa shape index (κ3) is 7.97. The molecule has 4 nitrogen and oxygen atoms in total. The van der Waals surface area contributed by atoms with E-state index in [1.807, 2.05) is 111 Å². The molecule has 0 aromatic heterocycles. The van der Waals surface area contributed by atoms with Crippen LogP contribution in [0.25, 0.3) is 0 Å². The van der Waals surface area contributed by atoms with Crippen LogP contribution in [0.5, 0.6) is 0 Å². The smallest absolute Gasteiger partial charge is 0.243 e. The van der Waals surface area contributed by atoms with E-state index < -0.39 is 6.04 Å². The minimum Gasteiger partial charge on any atom is -0.352 e. The third-order valence-corrected chi connectivity index (χ3v) is 7.43. The van der Waals surface area contributed by atoms with E-state index in [1.165, 1.54) is 0 Å². The van der Waals surface area contributed by atoms with Crippen molar-refractivity contribution >= 4 is 35.0 Å². The van der Waals surface area contributed by atoms with Crippen molar-refractivity contribution in [1.82, 2.24) is 10.2 Å². The molecule has 0 spiro atoms. The molecule has 0 saturated carbocycles. The summed E-state index contributed by atoms with van der Waals surface area (Å²) in [7, 11) is 0. The molecule has 0 aliphatic rings. The van der Waals surface area contributed by atoms with Crippen molar-refractivity contribution in [3.63, 3.8) is 0 Å². The molecule has 1 atom stereocenters. The van der Waals surface area contributed by atoms with E-state index in [4.69, 9.17) is 23.2 Å². The van der Waals surface area contributed by atoms with Gasteiger partial charge in [0, 0.05) is 41.4 Å². The van der Waals surface area contributed by atoms with Gasteiger partial charge in [-0.1, -0.05) is 120 Å². The highest BCUT2D eigenvalue weighted by atomic mass is 35.5. The average Bonchev–Trinajstić information content (AvgIpc) is 2.95. The number of nitrogens with zero attached hydrogens (tertiary/aromatic N) is 1. The van der Waals surface area contributed by atoms with Crippen LogP contribution in [0.1, 0.15) is 48.4 Å². The zero-order chi connectivity index (χ0) is 28.5. The Labute approximate surface area is 246 Å². The fraction of sp³-hybridized carbons (Fsp3) is 0.235. The van der Waals surface area contributed by atoms with E-state index in [-0.39, 0.29) is 36.7 Å². The second kappa shape index (κ2) is 14.2. The van der Waals surface area contributed by atoms with Crippen LogP contribution in [0.4, 0.5) is 0 Å². The molecule has 4 rings (SSSR count). The normalized spacial score (nSPS) is 11.8. The van der Waals surface area contributed by atoms with Gasteiger partial charge in [-0.2, -0.15) is 0 Å². The SMILES string of the molecule is CC(C)NC(=O)[C@@H](Cc1ccccc1)N(Cc1ccc(Cl)cc1Cl)C(=O)CC(c1ccccc1)c1ccccc1. The van der Waals surface area contributed by atoms with E-state index in [0.29, 0.717) is 16.5 Å². The molecule has 4 aromatic rings. The highest BCUT2D eigenvalue weighted by molar-refractivity contribution is 6.35. The highest BCUT2D eigenvalue weighted by Crippen LogP contribution is 2.31. The van der Waals surface area contributed by atoms with Crippen LogP contribution in [-0.4, -0.2) is 28.8 Å². The zero-order valence-electron chi connectivity index (χ0n) is 22.8. The summed E-state index contributed by atoms with van der Waals surface area (Å²) < 4.78 is 0. The van der Waals surface area contributed by atoms with Crippen molar-refractivity contribution in [3.05, 3.63) is 141 Å². The summed E-state index contributed by atoms with van der Waals surface area (Å²) in [6, 6.07) is 34.2. The van der Waals surface area contributed by atoms with E-state index in [0.717, 1.165) is 22.3 Å². The maximum Gasteiger partial charge on any atom is 0.243 e. The van der Waals surface area contributed by atoms with Crippen LogP contribution in [0.15, 0.2) is 109 Å². The molecule has 40 heavy (non-hydrogen) atoms. The number of hydrogen-bond acceptors (Lipinski definition) is 2. The number of carbonyl (C=O) groups excluding carboxylic acids is 2. The van der Waals surface area contributed by atoms with Gasteiger partial charge in [-0.05, 0) is 48.2 Å². The number of carbonyl (C=O) groups is 2. The predicted octanol–water partition coefficient (Wildman–Crippen LogP) is 7.68. The Kier molecular flexibility index (Phi) is 10.4. The minimum absolute atomic E-state index is 0.0803. The van der Waals surface area contributed by atoms with Crippen LogP contribution < -0.4 is 5.32 Å². The van der Waals surface area contributed by atoms with Crippen molar-refractivity contribution in [1.29, 1.82) is 0 Å². The van der Waals surface area contributed by atoms with Crippen LogP contribution in [0.3, 0.4) is 0 Å². The van der Waals surface area contributed by atoms with Crippen molar-refractivity contribution in [2.75, 3.05) is 0 Å². The third-order valence-electron chi connectivity index (χ3n) is 6.84. The molecule has 1 N–H and O–H groups in total. The van der Waals surface area contributed by atoms with Gasteiger partial charge in [0.05, 0.1) is 0 Å². The molecular formula is C34H34Cl2N2O2. The summed E-state index contributed by atoms with van der Waals surface area (Å²) in [5.74, 6) is -0.513. The first-order valence-corrected chi connectivity index (χ1v) is 14.2. The Morgan fingerprint density at radius 2 is 1.32 bits per heavy atom. The largest absolute Gasteiger partial charge is 0.352 e. The first-order valence-electron chi connectivity index (χ1n) is 13.5. The Morgan fingerprint density at radius 3 is 1.85 bits per heavy atom. The molecule has 4 aromatic carbocycles. The van der Waals surface area contributed by atoms with Gasteiger partial charge in [-0.15, -0.1) is 0 Å². The number of amides is 2. The highest BCUT2D eigenvalue weighted by Gasteiger charge is 2.33. The quantitative estimate of drug-likeness (QED) is 0.200. The molecule has 0 unspecified atom stereocenters. The molecule has 0 aliphatic carbocycles. The molecule has 2 amide bonds. The summed E-state index contributed by atoms with van der Waals surface area (Å²) in [6.45, 7) is 4.01. The summed E-state index contributed by atoms with van der Waals surface area (Å²) in [6.07, 6.45) is 0.567. The topological polar surface area (TPSA) is 49.4 Å². The minimum atomic E-state index is -0.740. The van der Waals surface area contributed by atoms with Gasteiger partial charge in [0.1, 0.15) is 6.04 Å². The molecule has 0 heterocycles. The van der Waals surface area contributed by atoms with Gasteiger partial charge in [0.15, 0.2) is 0 Å². The van der Waals surface area contributed by atoms with Gasteiger partial charge >= 0.3 is 0 Å². The maximum atomic E-state index is 14.4. The standard InChI is InChI=1S/C34H34Cl2N2O2/c1-24(2)37-34(40)32(20-25-12-6-3-7-13-25)38(23-28-18-19-29(35)21-31(28)36)33(39)22-30(26-14-8-4-9-15-26)27-16-10-5-11-17-27/h3-19,21,24,30,32H,20,22-23H2,1-2H3,(H,37,40)/t32-/m1/s1. The van der Waals surface area contributed by atoms with Gasteiger partial charge < -0.3 is 10.2 Å². The monoisotopic (exact) mass is 572 g/mol. The molecule has 0 saturated heterocycles. The van der Waals surface area contributed by atoms with Crippen molar-refractivity contribution in [3.8, 4) is 0 Å². The molecule has 0 radical (unpaired) electrons. The van der Waals surface area contributed by atoms with Crippen LogP contribution in [0, 0.1) is 0 Å². The van der Waals surface area contributed by atoms with Crippen LogP contribution in [-0.2, 0) is 22.6 Å². The fourth-order valence-corrected chi connectivity index (χ4v) is 5.33. The first kappa shape index (κ1) is 29.4. The lowest BCUT2D eigenvalue weighted by atomic mass is 9.87. The molecule has 0 fully saturated rings. The number of nitrogens with one attached hydrogen (secondary N) is 1. The molecule has 206 valence electrons. The number of halogens is 2. The Morgan fingerprint density at radius 1 is 0.775 bits per heavy atom. The van der Waals surface area contributed by atoms with Gasteiger partial charge in [0.25, 0.3) is 0 Å². The average molecular weight is 574 g/mol. The summed E-state index contributed by atoms with van der Waals surface area (Å²) >= 11 is 12.8. The fourth-order valence-electron chi connectivity index (χ4n) is 4.86. The second-order valence-corrected chi connectivity index (χ2v) is 11.0. The van der Waals surface area contributed by atoms with Crippen LogP contribution in [0.2, 0.25) is 10.0 Å². The Bertz CT molecular complexity index is 1360. The van der Waals surface area contributed by atoms with Gasteiger partial charge in [-0.3, -0.25) is 9.59 Å². The van der Waals surface area contributed by atoms with Crippen molar-refractivity contribution in [2.24, 2.45) is 0 Å².